The molecule has 3 rings (SSSR count). The van der Waals surface area contributed by atoms with Gasteiger partial charge < -0.3 is 4.90 Å². The standard InChI is InChI=1S/C19H18ClNO/c20-17-11-8-15(9-12-17)10-13-19(22)21-14-4-7-18(21)16-5-2-1-3-6-16/h1-3,5-6,8-13,18H,4,7,14H2. The molecule has 22 heavy (non-hydrogen) atoms. The first-order valence-electron chi connectivity index (χ1n) is 7.53. The van der Waals surface area contributed by atoms with Crippen molar-refractivity contribution in [3.63, 3.8) is 0 Å². The normalized spacial score (nSPS) is 18.0. The smallest absolute Gasteiger partial charge is 0.247 e. The molecule has 0 radical (unpaired) electrons. The topological polar surface area (TPSA) is 20.3 Å². The molecule has 1 heterocycles. The molecule has 0 N–H and O–H groups in total. The molecule has 0 aromatic heterocycles. The second-order valence-corrected chi connectivity index (χ2v) is 5.92. The summed E-state index contributed by atoms with van der Waals surface area (Å²) in [5.74, 6) is 0.0707. The molecular weight excluding hydrogens is 294 g/mol. The Balaban J connectivity index is 1.72. The van der Waals surface area contributed by atoms with Crippen LogP contribution in [0.5, 0.6) is 0 Å². The van der Waals surface area contributed by atoms with Gasteiger partial charge in [-0.1, -0.05) is 54.1 Å². The predicted molar refractivity (Wildman–Crippen MR) is 90.6 cm³/mol. The van der Waals surface area contributed by atoms with Gasteiger partial charge in [0, 0.05) is 17.6 Å². The lowest BCUT2D eigenvalue weighted by Crippen LogP contribution is -2.28. The fourth-order valence-electron chi connectivity index (χ4n) is 2.89. The molecule has 1 aliphatic heterocycles. The molecule has 1 aliphatic rings. The van der Waals surface area contributed by atoms with Crippen molar-refractivity contribution >= 4 is 23.6 Å². The summed E-state index contributed by atoms with van der Waals surface area (Å²) in [6.07, 6.45) is 5.59. The van der Waals surface area contributed by atoms with Gasteiger partial charge in [-0.2, -0.15) is 0 Å². The highest BCUT2D eigenvalue weighted by atomic mass is 35.5. The van der Waals surface area contributed by atoms with Crippen molar-refractivity contribution in [1.29, 1.82) is 0 Å². The van der Waals surface area contributed by atoms with Gasteiger partial charge in [0.15, 0.2) is 0 Å². The lowest BCUT2D eigenvalue weighted by atomic mass is 10.0. The van der Waals surface area contributed by atoms with Gasteiger partial charge in [-0.15, -0.1) is 0 Å². The van der Waals surface area contributed by atoms with Crippen molar-refractivity contribution in [2.45, 2.75) is 18.9 Å². The molecule has 1 amide bonds. The van der Waals surface area contributed by atoms with E-state index in [1.165, 1.54) is 5.56 Å². The van der Waals surface area contributed by atoms with Crippen molar-refractivity contribution in [2.24, 2.45) is 0 Å². The van der Waals surface area contributed by atoms with Crippen LogP contribution in [0.3, 0.4) is 0 Å². The molecule has 1 fully saturated rings. The largest absolute Gasteiger partial charge is 0.332 e. The van der Waals surface area contributed by atoms with E-state index in [4.69, 9.17) is 11.6 Å². The van der Waals surface area contributed by atoms with Crippen LogP contribution < -0.4 is 0 Å². The summed E-state index contributed by atoms with van der Waals surface area (Å²) < 4.78 is 0. The number of hydrogen-bond acceptors (Lipinski definition) is 1. The molecule has 112 valence electrons. The third-order valence-corrected chi connectivity index (χ3v) is 4.26. The highest BCUT2D eigenvalue weighted by molar-refractivity contribution is 6.30. The Morgan fingerprint density at radius 1 is 1.09 bits per heavy atom. The molecule has 1 atom stereocenters. The van der Waals surface area contributed by atoms with Gasteiger partial charge in [0.2, 0.25) is 5.91 Å². The maximum atomic E-state index is 12.5. The quantitative estimate of drug-likeness (QED) is 0.751. The third kappa shape index (κ3) is 3.40. The lowest BCUT2D eigenvalue weighted by molar-refractivity contribution is -0.126. The van der Waals surface area contributed by atoms with Gasteiger partial charge in [0.1, 0.15) is 0 Å². The maximum Gasteiger partial charge on any atom is 0.247 e. The number of halogens is 1. The third-order valence-electron chi connectivity index (χ3n) is 4.01. The van der Waals surface area contributed by atoms with Gasteiger partial charge in [-0.3, -0.25) is 4.79 Å². The molecule has 0 saturated carbocycles. The first kappa shape index (κ1) is 14.9. The van der Waals surface area contributed by atoms with Crippen LogP contribution in [-0.2, 0) is 4.79 Å². The average Bonchev–Trinajstić information content (AvgIpc) is 3.04. The number of carbonyl (C=O) groups is 1. The highest BCUT2D eigenvalue weighted by Gasteiger charge is 2.28. The fourth-order valence-corrected chi connectivity index (χ4v) is 3.02. The van der Waals surface area contributed by atoms with E-state index in [0.717, 1.165) is 24.9 Å². The number of nitrogens with zero attached hydrogens (tertiary/aromatic N) is 1. The van der Waals surface area contributed by atoms with Gasteiger partial charge in [0.25, 0.3) is 0 Å². The first-order chi connectivity index (χ1) is 10.7. The Kier molecular flexibility index (Phi) is 4.59. The number of rotatable bonds is 3. The minimum atomic E-state index is 0.0707. The number of carbonyl (C=O) groups excluding carboxylic acids is 1. The van der Waals surface area contributed by atoms with E-state index >= 15 is 0 Å². The van der Waals surface area contributed by atoms with E-state index in [-0.39, 0.29) is 11.9 Å². The second-order valence-electron chi connectivity index (χ2n) is 5.49. The molecular formula is C19H18ClNO. The van der Waals surface area contributed by atoms with Gasteiger partial charge in [0.05, 0.1) is 6.04 Å². The van der Waals surface area contributed by atoms with E-state index in [1.54, 1.807) is 6.08 Å². The van der Waals surface area contributed by atoms with Gasteiger partial charge in [-0.25, -0.2) is 0 Å². The zero-order valence-corrected chi connectivity index (χ0v) is 13.0. The summed E-state index contributed by atoms with van der Waals surface area (Å²) in [4.78, 5) is 14.4. The van der Waals surface area contributed by atoms with E-state index in [2.05, 4.69) is 12.1 Å². The number of amides is 1. The fraction of sp³-hybridized carbons (Fsp3) is 0.211. The Morgan fingerprint density at radius 3 is 2.55 bits per heavy atom. The monoisotopic (exact) mass is 311 g/mol. The summed E-state index contributed by atoms with van der Waals surface area (Å²) in [5.41, 5.74) is 2.20. The Morgan fingerprint density at radius 2 is 1.82 bits per heavy atom. The van der Waals surface area contributed by atoms with Crippen LogP contribution in [0.2, 0.25) is 5.02 Å². The zero-order valence-electron chi connectivity index (χ0n) is 12.3. The van der Waals surface area contributed by atoms with E-state index < -0.39 is 0 Å². The predicted octanol–water partition coefficient (Wildman–Crippen LogP) is 4.72. The summed E-state index contributed by atoms with van der Waals surface area (Å²) in [7, 11) is 0. The SMILES string of the molecule is O=C(C=Cc1ccc(Cl)cc1)N1CCCC1c1ccccc1. The van der Waals surface area contributed by atoms with Crippen molar-refractivity contribution in [3.8, 4) is 0 Å². The summed E-state index contributed by atoms with van der Waals surface area (Å²) >= 11 is 5.87. The Labute approximate surface area is 136 Å². The molecule has 2 aromatic carbocycles. The molecule has 0 aliphatic carbocycles. The minimum Gasteiger partial charge on any atom is -0.332 e. The van der Waals surface area contributed by atoms with Crippen LogP contribution in [0.1, 0.15) is 30.0 Å². The van der Waals surface area contributed by atoms with Crippen LogP contribution in [0, 0.1) is 0 Å². The first-order valence-corrected chi connectivity index (χ1v) is 7.91. The van der Waals surface area contributed by atoms with Gasteiger partial charge >= 0.3 is 0 Å². The number of hydrogen-bond donors (Lipinski definition) is 0. The van der Waals surface area contributed by atoms with Gasteiger partial charge in [-0.05, 0) is 42.2 Å². The van der Waals surface area contributed by atoms with Crippen LogP contribution >= 0.6 is 11.6 Å². The average molecular weight is 312 g/mol. The van der Waals surface area contributed by atoms with Crippen molar-refractivity contribution in [1.82, 2.24) is 4.90 Å². The molecule has 2 nitrogen and oxygen atoms in total. The summed E-state index contributed by atoms with van der Waals surface area (Å²) in [6, 6.07) is 17.9. The maximum absolute atomic E-state index is 12.5. The van der Waals surface area contributed by atoms with Crippen LogP contribution in [0.4, 0.5) is 0 Å². The van der Waals surface area contributed by atoms with E-state index in [9.17, 15) is 4.79 Å². The highest BCUT2D eigenvalue weighted by Crippen LogP contribution is 2.31. The Hall–Kier alpha value is -2.06. The number of benzene rings is 2. The van der Waals surface area contributed by atoms with Crippen LogP contribution in [0.25, 0.3) is 6.08 Å². The minimum absolute atomic E-state index is 0.0707. The Bertz CT molecular complexity index is 664. The van der Waals surface area contributed by atoms with Crippen molar-refractivity contribution in [2.75, 3.05) is 6.54 Å². The van der Waals surface area contributed by atoms with E-state index in [1.807, 2.05) is 53.4 Å². The molecule has 0 spiro atoms. The van der Waals surface area contributed by atoms with E-state index in [0.29, 0.717) is 5.02 Å². The molecule has 2 aromatic rings. The van der Waals surface area contributed by atoms with Crippen molar-refractivity contribution < 1.29 is 4.79 Å². The molecule has 1 unspecified atom stereocenters. The van der Waals surface area contributed by atoms with Crippen molar-refractivity contribution in [3.05, 3.63) is 76.8 Å². The molecule has 0 bridgehead atoms. The number of likely N-dealkylation sites (tertiary alicyclic amines) is 1. The van der Waals surface area contributed by atoms with Crippen LogP contribution in [-0.4, -0.2) is 17.4 Å². The molecule has 3 heteroatoms. The zero-order chi connectivity index (χ0) is 15.4. The summed E-state index contributed by atoms with van der Waals surface area (Å²) in [5, 5.41) is 0.701. The second kappa shape index (κ2) is 6.80. The summed E-state index contributed by atoms with van der Waals surface area (Å²) in [6.45, 7) is 0.823. The van der Waals surface area contributed by atoms with Crippen LogP contribution in [0.15, 0.2) is 60.7 Å². The molecule has 1 saturated heterocycles. The lowest BCUT2D eigenvalue weighted by Gasteiger charge is -2.23.